The Bertz CT molecular complexity index is 1200. The smallest absolute Gasteiger partial charge is 0.237 e. The van der Waals surface area contributed by atoms with Crippen LogP contribution in [0.4, 0.5) is 0 Å². The molecule has 2 aromatic carbocycles. The van der Waals surface area contributed by atoms with Crippen LogP contribution in [0.15, 0.2) is 48.7 Å². The molecule has 0 fully saturated rings. The molecule has 0 saturated carbocycles. The molecule has 0 spiro atoms. The quantitative estimate of drug-likeness (QED) is 0.525. The number of hydrogen-bond donors (Lipinski definition) is 2. The Morgan fingerprint density at radius 1 is 1.24 bits per heavy atom. The molecule has 5 nitrogen and oxygen atoms in total. The maximum atomic E-state index is 13.4. The second-order valence-corrected chi connectivity index (χ2v) is 9.09. The molecule has 1 amide bonds. The number of para-hydroxylation sites is 1. The van der Waals surface area contributed by atoms with Crippen molar-refractivity contribution in [1.29, 1.82) is 0 Å². The van der Waals surface area contributed by atoms with Gasteiger partial charge in [0.1, 0.15) is 5.75 Å². The number of aromatic nitrogens is 1. The van der Waals surface area contributed by atoms with Crippen LogP contribution in [0.5, 0.6) is 5.75 Å². The number of carbonyl (C=O) groups is 1. The van der Waals surface area contributed by atoms with Gasteiger partial charge in [0.05, 0.1) is 19.7 Å². The molecule has 33 heavy (non-hydrogen) atoms. The average Bonchev–Trinajstić information content (AvgIpc) is 3.09. The van der Waals surface area contributed by atoms with Crippen molar-refractivity contribution in [1.82, 2.24) is 15.2 Å². The van der Waals surface area contributed by atoms with Crippen LogP contribution in [-0.4, -0.2) is 23.6 Å². The van der Waals surface area contributed by atoms with Crippen LogP contribution in [0.2, 0.25) is 0 Å². The van der Waals surface area contributed by atoms with Crippen molar-refractivity contribution in [2.24, 2.45) is 5.92 Å². The molecule has 2 heterocycles. The van der Waals surface area contributed by atoms with Crippen LogP contribution in [0.3, 0.4) is 0 Å². The molecule has 0 saturated heterocycles. The van der Waals surface area contributed by atoms with E-state index in [9.17, 15) is 4.79 Å². The lowest BCUT2D eigenvalue weighted by atomic mass is 9.94. The van der Waals surface area contributed by atoms with Gasteiger partial charge in [-0.25, -0.2) is 0 Å². The standard InChI is InChI=1S/C28H33N3O2/c1-5-6-14-31-18-21-16-24(28(32)29-17-20-10-7-8-13-26(20)33-4)30-23(15-19(2)3)22-11-9-12-25(31)27(21)22/h7-13,18-19,23-24,30H,14-17H2,1-4H3,(H,29,32)/t23-,24-/m0/s1. The van der Waals surface area contributed by atoms with Gasteiger partial charge < -0.3 is 14.6 Å². The highest BCUT2D eigenvalue weighted by molar-refractivity contribution is 5.90. The average molecular weight is 444 g/mol. The summed E-state index contributed by atoms with van der Waals surface area (Å²) in [6, 6.07) is 14.1. The molecule has 172 valence electrons. The van der Waals surface area contributed by atoms with Gasteiger partial charge in [-0.15, -0.1) is 5.92 Å². The number of amides is 1. The van der Waals surface area contributed by atoms with Crippen molar-refractivity contribution in [3.63, 3.8) is 0 Å². The van der Waals surface area contributed by atoms with Crippen molar-refractivity contribution < 1.29 is 9.53 Å². The predicted molar refractivity (Wildman–Crippen MR) is 133 cm³/mol. The van der Waals surface area contributed by atoms with Gasteiger partial charge in [0.25, 0.3) is 0 Å². The minimum Gasteiger partial charge on any atom is -0.496 e. The largest absolute Gasteiger partial charge is 0.496 e. The molecule has 0 aliphatic carbocycles. The van der Waals surface area contributed by atoms with E-state index in [1.54, 1.807) is 7.11 Å². The number of carbonyl (C=O) groups excluding carboxylic acids is 1. The molecule has 0 unspecified atom stereocenters. The number of hydrogen-bond acceptors (Lipinski definition) is 3. The van der Waals surface area contributed by atoms with Crippen LogP contribution in [0, 0.1) is 17.8 Å². The van der Waals surface area contributed by atoms with E-state index in [0.29, 0.717) is 25.4 Å². The zero-order valence-electron chi connectivity index (χ0n) is 19.9. The molecule has 2 N–H and O–H groups in total. The first-order valence-electron chi connectivity index (χ1n) is 11.7. The van der Waals surface area contributed by atoms with Gasteiger partial charge in [-0.3, -0.25) is 10.1 Å². The lowest BCUT2D eigenvalue weighted by molar-refractivity contribution is -0.123. The molecule has 2 atom stereocenters. The zero-order chi connectivity index (χ0) is 23.4. The summed E-state index contributed by atoms with van der Waals surface area (Å²) in [7, 11) is 1.65. The summed E-state index contributed by atoms with van der Waals surface area (Å²) in [6.07, 6.45) is 3.79. The minimum absolute atomic E-state index is 0.0109. The number of ether oxygens (including phenoxy) is 1. The van der Waals surface area contributed by atoms with Gasteiger partial charge >= 0.3 is 0 Å². The highest BCUT2D eigenvalue weighted by Crippen LogP contribution is 2.35. The summed E-state index contributed by atoms with van der Waals surface area (Å²) in [5.74, 6) is 7.48. The summed E-state index contributed by atoms with van der Waals surface area (Å²) in [5.41, 5.74) is 4.64. The van der Waals surface area contributed by atoms with Gasteiger partial charge in [-0.2, -0.15) is 0 Å². The van der Waals surface area contributed by atoms with E-state index in [-0.39, 0.29) is 18.0 Å². The molecule has 1 aromatic heterocycles. The van der Waals surface area contributed by atoms with Crippen molar-refractivity contribution in [3.8, 4) is 17.6 Å². The van der Waals surface area contributed by atoms with Crippen molar-refractivity contribution in [3.05, 3.63) is 65.4 Å². The van der Waals surface area contributed by atoms with Crippen LogP contribution < -0.4 is 15.4 Å². The number of methoxy groups -OCH3 is 1. The minimum atomic E-state index is -0.313. The van der Waals surface area contributed by atoms with E-state index in [1.807, 2.05) is 31.2 Å². The summed E-state index contributed by atoms with van der Waals surface area (Å²) in [4.78, 5) is 13.4. The molecule has 1 aliphatic rings. The maximum absolute atomic E-state index is 13.4. The van der Waals surface area contributed by atoms with Crippen LogP contribution in [0.1, 0.15) is 49.9 Å². The third kappa shape index (κ3) is 4.91. The third-order valence-electron chi connectivity index (χ3n) is 6.31. The first-order valence-corrected chi connectivity index (χ1v) is 11.7. The second kappa shape index (κ2) is 10.1. The normalized spacial score (nSPS) is 17.4. The third-order valence-corrected chi connectivity index (χ3v) is 6.31. The van der Waals surface area contributed by atoms with E-state index in [1.165, 1.54) is 22.0 Å². The highest BCUT2D eigenvalue weighted by atomic mass is 16.5. The van der Waals surface area contributed by atoms with E-state index in [4.69, 9.17) is 4.74 Å². The first-order chi connectivity index (χ1) is 16.0. The summed E-state index contributed by atoms with van der Waals surface area (Å²) < 4.78 is 7.65. The molecular formula is C28H33N3O2. The second-order valence-electron chi connectivity index (χ2n) is 9.09. The Labute approximate surface area is 196 Å². The predicted octanol–water partition coefficient (Wildman–Crippen LogP) is 4.59. The van der Waals surface area contributed by atoms with Gasteiger partial charge in [-0.1, -0.05) is 50.1 Å². The number of rotatable bonds is 7. The molecule has 4 rings (SSSR count). The zero-order valence-corrected chi connectivity index (χ0v) is 19.9. The summed E-state index contributed by atoms with van der Waals surface area (Å²) in [5, 5.41) is 8.09. The van der Waals surface area contributed by atoms with E-state index in [0.717, 1.165) is 17.7 Å². The molecule has 0 radical (unpaired) electrons. The summed E-state index contributed by atoms with van der Waals surface area (Å²) in [6.45, 7) is 7.42. The van der Waals surface area contributed by atoms with Crippen LogP contribution in [0.25, 0.3) is 10.9 Å². The fourth-order valence-electron chi connectivity index (χ4n) is 4.81. The number of nitrogens with zero attached hydrogens (tertiary/aromatic N) is 1. The molecule has 3 aromatic rings. The van der Waals surface area contributed by atoms with Crippen LogP contribution in [-0.2, 0) is 24.3 Å². The van der Waals surface area contributed by atoms with Crippen molar-refractivity contribution >= 4 is 16.8 Å². The van der Waals surface area contributed by atoms with Gasteiger partial charge in [-0.05, 0) is 48.9 Å². The Morgan fingerprint density at radius 3 is 2.82 bits per heavy atom. The Balaban J connectivity index is 1.64. The summed E-state index contributed by atoms with van der Waals surface area (Å²) >= 11 is 0. The topological polar surface area (TPSA) is 55.3 Å². The Kier molecular flexibility index (Phi) is 7.05. The first kappa shape index (κ1) is 22.9. The number of nitrogens with one attached hydrogen (secondary N) is 2. The fourth-order valence-corrected chi connectivity index (χ4v) is 4.81. The van der Waals surface area contributed by atoms with E-state index < -0.39 is 0 Å². The van der Waals surface area contributed by atoms with E-state index in [2.05, 4.69) is 65.3 Å². The SMILES string of the molecule is CC#CCn1cc2c3c(cccc31)[C@H](CC(C)C)N[C@H](C(=O)NCc1ccccc1OC)C2. The van der Waals surface area contributed by atoms with Crippen molar-refractivity contribution in [2.75, 3.05) is 7.11 Å². The lowest BCUT2D eigenvalue weighted by Gasteiger charge is -2.25. The number of benzene rings is 2. The monoisotopic (exact) mass is 443 g/mol. The van der Waals surface area contributed by atoms with Crippen LogP contribution >= 0.6 is 0 Å². The van der Waals surface area contributed by atoms with Crippen molar-refractivity contribution in [2.45, 2.75) is 58.8 Å². The maximum Gasteiger partial charge on any atom is 0.237 e. The molecular weight excluding hydrogens is 410 g/mol. The van der Waals surface area contributed by atoms with Gasteiger partial charge in [0, 0.05) is 35.2 Å². The molecule has 5 heteroatoms. The fraction of sp³-hybridized carbons (Fsp3) is 0.393. The van der Waals surface area contributed by atoms with E-state index >= 15 is 0 Å². The lowest BCUT2D eigenvalue weighted by Crippen LogP contribution is -2.46. The Morgan fingerprint density at radius 2 is 2.06 bits per heavy atom. The van der Waals surface area contributed by atoms with Gasteiger partial charge in [0.2, 0.25) is 5.91 Å². The molecule has 1 aliphatic heterocycles. The van der Waals surface area contributed by atoms with Gasteiger partial charge in [0.15, 0.2) is 0 Å². The highest BCUT2D eigenvalue weighted by Gasteiger charge is 2.30. The Hall–Kier alpha value is -3.23. The molecule has 0 bridgehead atoms.